The number of aromatic nitrogens is 1. The van der Waals surface area contributed by atoms with Crippen LogP contribution in [0.4, 0.5) is 5.82 Å². The van der Waals surface area contributed by atoms with Crippen molar-refractivity contribution < 1.29 is 4.79 Å². The van der Waals surface area contributed by atoms with Gasteiger partial charge in [-0.3, -0.25) is 4.79 Å². The van der Waals surface area contributed by atoms with Gasteiger partial charge in [-0.25, -0.2) is 4.98 Å². The first kappa shape index (κ1) is 14.3. The lowest BCUT2D eigenvalue weighted by atomic mass is 10.2. The van der Waals surface area contributed by atoms with Gasteiger partial charge >= 0.3 is 0 Å². The third kappa shape index (κ3) is 4.55. The van der Waals surface area contributed by atoms with Crippen LogP contribution in [0.1, 0.15) is 19.4 Å². The van der Waals surface area contributed by atoms with Crippen molar-refractivity contribution in [2.75, 3.05) is 5.32 Å². The van der Waals surface area contributed by atoms with Crippen LogP contribution in [0.3, 0.4) is 0 Å². The summed E-state index contributed by atoms with van der Waals surface area (Å²) in [6.07, 6.45) is 1.74. The molecule has 1 aromatic heterocycles. The van der Waals surface area contributed by atoms with Crippen LogP contribution in [0.25, 0.3) is 0 Å². The fraction of sp³-hybridized carbons (Fsp3) is 0.364. The molecule has 0 saturated heterocycles. The fourth-order valence-electron chi connectivity index (χ4n) is 1.07. The Morgan fingerprint density at radius 1 is 1.53 bits per heavy atom. The highest BCUT2D eigenvalue weighted by molar-refractivity contribution is 14.1. The zero-order valence-electron chi connectivity index (χ0n) is 9.87. The fourth-order valence-corrected chi connectivity index (χ4v) is 1.87. The molecule has 0 fully saturated rings. The van der Waals surface area contributed by atoms with E-state index < -0.39 is 0 Å². The number of hydrogen-bond acceptors (Lipinski definition) is 3. The minimum atomic E-state index is -0.106. The molecule has 4 nitrogen and oxygen atoms in total. The zero-order chi connectivity index (χ0) is 13.0. The van der Waals surface area contributed by atoms with Gasteiger partial charge in [0.25, 0.3) is 0 Å². The molecule has 0 radical (unpaired) electrons. The van der Waals surface area contributed by atoms with Gasteiger partial charge in [-0.05, 0) is 53.4 Å². The number of carbonyl (C=O) groups is 1. The Balaban J connectivity index is 2.65. The number of nitrogens with one attached hydrogen (secondary N) is 2. The van der Waals surface area contributed by atoms with Crippen LogP contribution < -0.4 is 10.6 Å². The van der Waals surface area contributed by atoms with E-state index in [4.69, 9.17) is 12.2 Å². The summed E-state index contributed by atoms with van der Waals surface area (Å²) < 4.78 is 1.06. The van der Waals surface area contributed by atoms with Crippen molar-refractivity contribution in [2.45, 2.75) is 20.8 Å². The summed E-state index contributed by atoms with van der Waals surface area (Å²) in [5.74, 6) is 0.464. The molecule has 1 amide bonds. The molecule has 2 N–H and O–H groups in total. The van der Waals surface area contributed by atoms with Gasteiger partial charge in [0, 0.05) is 15.7 Å². The van der Waals surface area contributed by atoms with Crippen LogP contribution in [0.15, 0.2) is 12.3 Å². The molecule has 0 unspecified atom stereocenters. The summed E-state index contributed by atoms with van der Waals surface area (Å²) in [4.78, 5) is 15.6. The number of rotatable bonds is 2. The molecule has 0 saturated carbocycles. The van der Waals surface area contributed by atoms with Gasteiger partial charge in [0.05, 0.1) is 0 Å². The number of hydrogen-bond donors (Lipinski definition) is 2. The Labute approximate surface area is 120 Å². The van der Waals surface area contributed by atoms with E-state index in [9.17, 15) is 4.79 Å². The van der Waals surface area contributed by atoms with Crippen molar-refractivity contribution in [1.82, 2.24) is 10.3 Å². The maximum absolute atomic E-state index is 11.4. The van der Waals surface area contributed by atoms with Crippen LogP contribution in [0.2, 0.25) is 0 Å². The monoisotopic (exact) mass is 363 g/mol. The minimum Gasteiger partial charge on any atom is -0.317 e. The van der Waals surface area contributed by atoms with E-state index in [0.29, 0.717) is 5.82 Å². The number of anilines is 1. The second kappa shape index (κ2) is 6.25. The maximum Gasteiger partial charge on any atom is 0.228 e. The molecule has 1 aromatic rings. The summed E-state index contributed by atoms with van der Waals surface area (Å²) in [6.45, 7) is 5.56. The molecule has 1 heterocycles. The van der Waals surface area contributed by atoms with Crippen molar-refractivity contribution in [3.8, 4) is 0 Å². The van der Waals surface area contributed by atoms with Crippen LogP contribution in [0.5, 0.6) is 0 Å². The van der Waals surface area contributed by atoms with Gasteiger partial charge in [-0.2, -0.15) is 0 Å². The van der Waals surface area contributed by atoms with Gasteiger partial charge in [-0.15, -0.1) is 0 Å². The summed E-state index contributed by atoms with van der Waals surface area (Å²) in [5, 5.41) is 5.80. The number of carbonyl (C=O) groups excluding carboxylic acids is 1. The Morgan fingerprint density at radius 2 is 2.18 bits per heavy atom. The normalized spacial score (nSPS) is 10.2. The van der Waals surface area contributed by atoms with Crippen molar-refractivity contribution >= 4 is 51.6 Å². The summed E-state index contributed by atoms with van der Waals surface area (Å²) in [6, 6.07) is 1.99. The number of aryl methyl sites for hydroxylation is 1. The maximum atomic E-state index is 11.4. The lowest BCUT2D eigenvalue weighted by Crippen LogP contribution is -2.37. The molecule has 17 heavy (non-hydrogen) atoms. The second-order valence-electron chi connectivity index (χ2n) is 3.92. The smallest absolute Gasteiger partial charge is 0.228 e. The highest BCUT2D eigenvalue weighted by Gasteiger charge is 2.10. The van der Waals surface area contributed by atoms with Crippen LogP contribution in [-0.4, -0.2) is 16.0 Å². The standard InChI is InChI=1S/C11H14IN3OS/c1-6(2)10(16)15-11(17)14-9-7(3)4-8(12)5-13-9/h4-6H,1-3H3,(H2,13,14,15,16,17). The third-order valence-electron chi connectivity index (χ3n) is 2.04. The van der Waals surface area contributed by atoms with E-state index in [0.717, 1.165) is 9.13 Å². The first-order valence-electron chi connectivity index (χ1n) is 5.14. The molecule has 0 aliphatic rings. The Kier molecular flexibility index (Phi) is 5.26. The third-order valence-corrected chi connectivity index (χ3v) is 2.83. The van der Waals surface area contributed by atoms with Crippen molar-refractivity contribution in [1.29, 1.82) is 0 Å². The van der Waals surface area contributed by atoms with Gasteiger partial charge in [-0.1, -0.05) is 13.8 Å². The van der Waals surface area contributed by atoms with E-state index in [-0.39, 0.29) is 16.9 Å². The van der Waals surface area contributed by atoms with E-state index in [1.807, 2.05) is 26.8 Å². The topological polar surface area (TPSA) is 54.0 Å². The predicted octanol–water partition coefficient (Wildman–Crippen LogP) is 2.46. The van der Waals surface area contributed by atoms with Crippen molar-refractivity contribution in [3.63, 3.8) is 0 Å². The molecule has 0 spiro atoms. The summed E-state index contributed by atoms with van der Waals surface area (Å²) in [7, 11) is 0. The number of thiocarbonyl (C=S) groups is 1. The first-order chi connectivity index (χ1) is 7.90. The molecule has 6 heteroatoms. The molecule has 0 aliphatic carbocycles. The van der Waals surface area contributed by atoms with E-state index in [2.05, 4.69) is 38.2 Å². The minimum absolute atomic E-state index is 0.0967. The van der Waals surface area contributed by atoms with Gasteiger partial charge < -0.3 is 10.6 Å². The molecule has 0 bridgehead atoms. The Morgan fingerprint density at radius 3 is 2.71 bits per heavy atom. The van der Waals surface area contributed by atoms with E-state index >= 15 is 0 Å². The van der Waals surface area contributed by atoms with Crippen LogP contribution >= 0.6 is 34.8 Å². The molecule has 0 aliphatic heterocycles. The van der Waals surface area contributed by atoms with Crippen molar-refractivity contribution in [2.24, 2.45) is 5.92 Å². The lowest BCUT2D eigenvalue weighted by Gasteiger charge is -2.12. The molecule has 92 valence electrons. The Hall–Kier alpha value is -0.760. The quantitative estimate of drug-likeness (QED) is 0.626. The van der Waals surface area contributed by atoms with Gasteiger partial charge in [0.1, 0.15) is 5.82 Å². The Bertz CT molecular complexity index is 448. The average molecular weight is 363 g/mol. The average Bonchev–Trinajstić information content (AvgIpc) is 2.22. The largest absolute Gasteiger partial charge is 0.317 e. The van der Waals surface area contributed by atoms with Gasteiger partial charge in [0.2, 0.25) is 5.91 Å². The predicted molar refractivity (Wildman–Crippen MR) is 80.9 cm³/mol. The SMILES string of the molecule is Cc1cc(I)cnc1NC(=S)NC(=O)C(C)C. The molecule has 0 aromatic carbocycles. The lowest BCUT2D eigenvalue weighted by molar-refractivity contribution is -0.122. The second-order valence-corrected chi connectivity index (χ2v) is 5.57. The van der Waals surface area contributed by atoms with E-state index in [1.165, 1.54) is 0 Å². The number of pyridine rings is 1. The number of nitrogens with zero attached hydrogens (tertiary/aromatic N) is 1. The van der Waals surface area contributed by atoms with Crippen LogP contribution in [-0.2, 0) is 4.79 Å². The summed E-state index contributed by atoms with van der Waals surface area (Å²) in [5.41, 5.74) is 0.984. The highest BCUT2D eigenvalue weighted by Crippen LogP contribution is 2.13. The first-order valence-corrected chi connectivity index (χ1v) is 6.63. The van der Waals surface area contributed by atoms with Gasteiger partial charge in [0.15, 0.2) is 5.11 Å². The molecular weight excluding hydrogens is 349 g/mol. The molecule has 0 atom stereocenters. The zero-order valence-corrected chi connectivity index (χ0v) is 12.8. The van der Waals surface area contributed by atoms with Crippen LogP contribution in [0, 0.1) is 16.4 Å². The van der Waals surface area contributed by atoms with E-state index in [1.54, 1.807) is 6.20 Å². The highest BCUT2D eigenvalue weighted by atomic mass is 127. The number of amides is 1. The number of halogens is 1. The molecule has 1 rings (SSSR count). The molecular formula is C11H14IN3OS. The summed E-state index contributed by atoms with van der Waals surface area (Å²) >= 11 is 7.23. The van der Waals surface area contributed by atoms with Crippen molar-refractivity contribution in [3.05, 3.63) is 21.4 Å².